The zero-order chi connectivity index (χ0) is 17.8. The molecule has 0 unspecified atom stereocenters. The Kier molecular flexibility index (Phi) is 5.14. The Morgan fingerprint density at radius 3 is 2.52 bits per heavy atom. The third kappa shape index (κ3) is 4.24. The van der Waals surface area contributed by atoms with Crippen LogP contribution in [0.5, 0.6) is 0 Å². The molecule has 1 heterocycles. The topological polar surface area (TPSA) is 70.0 Å². The van der Waals surface area contributed by atoms with E-state index in [0.717, 1.165) is 17.3 Å². The summed E-state index contributed by atoms with van der Waals surface area (Å²) in [6, 6.07) is 14.9. The second-order valence-electron chi connectivity index (χ2n) is 5.49. The second-order valence-corrected chi connectivity index (χ2v) is 6.66. The molecule has 3 rings (SSSR count). The normalized spacial score (nSPS) is 19.2. The standard InChI is InChI=1S/C18H15FN2O3S/c19-13-6-8-14(9-7-13)20-18-21(11-12-4-2-1-3-5-12)16(22)10-15(25-18)17(23)24/h1-9,15H,10-11H2,(H,23,24)/t15-/m1/s1. The van der Waals surface area contributed by atoms with Gasteiger partial charge in [-0.3, -0.25) is 14.5 Å². The molecule has 1 fully saturated rings. The fourth-order valence-electron chi connectivity index (χ4n) is 2.38. The van der Waals surface area contributed by atoms with Gasteiger partial charge in [0.2, 0.25) is 5.91 Å². The lowest BCUT2D eigenvalue weighted by atomic mass is 10.2. The highest BCUT2D eigenvalue weighted by Crippen LogP contribution is 2.30. The number of hydrogen-bond donors (Lipinski definition) is 1. The molecule has 1 aliphatic rings. The predicted molar refractivity (Wildman–Crippen MR) is 94.1 cm³/mol. The van der Waals surface area contributed by atoms with E-state index in [9.17, 15) is 19.1 Å². The highest BCUT2D eigenvalue weighted by Gasteiger charge is 2.35. The van der Waals surface area contributed by atoms with Gasteiger partial charge >= 0.3 is 5.97 Å². The summed E-state index contributed by atoms with van der Waals surface area (Å²) in [5.74, 6) is -1.73. The van der Waals surface area contributed by atoms with E-state index in [1.807, 2.05) is 30.3 Å². The van der Waals surface area contributed by atoms with Crippen LogP contribution >= 0.6 is 11.8 Å². The average molecular weight is 358 g/mol. The fourth-order valence-corrected chi connectivity index (χ4v) is 3.41. The minimum Gasteiger partial charge on any atom is -0.480 e. The number of rotatable bonds is 4. The highest BCUT2D eigenvalue weighted by molar-refractivity contribution is 8.15. The molecule has 1 amide bonds. The highest BCUT2D eigenvalue weighted by atomic mass is 32.2. The Morgan fingerprint density at radius 1 is 1.20 bits per heavy atom. The lowest BCUT2D eigenvalue weighted by Gasteiger charge is -2.30. The number of carbonyl (C=O) groups excluding carboxylic acids is 1. The molecule has 25 heavy (non-hydrogen) atoms. The first-order valence-electron chi connectivity index (χ1n) is 7.61. The van der Waals surface area contributed by atoms with Crippen LogP contribution in [-0.4, -0.2) is 32.3 Å². The molecule has 0 aromatic heterocycles. The first kappa shape index (κ1) is 17.2. The van der Waals surface area contributed by atoms with E-state index < -0.39 is 11.2 Å². The van der Waals surface area contributed by atoms with Crippen molar-refractivity contribution in [1.29, 1.82) is 0 Å². The Balaban J connectivity index is 1.93. The minimum absolute atomic E-state index is 0.0880. The quantitative estimate of drug-likeness (QED) is 0.909. The van der Waals surface area contributed by atoms with E-state index in [2.05, 4.69) is 4.99 Å². The van der Waals surface area contributed by atoms with E-state index >= 15 is 0 Å². The number of hydrogen-bond acceptors (Lipinski definition) is 4. The Morgan fingerprint density at radius 2 is 1.88 bits per heavy atom. The molecule has 7 heteroatoms. The van der Waals surface area contributed by atoms with Gasteiger partial charge in [0, 0.05) is 0 Å². The molecule has 2 aromatic carbocycles. The van der Waals surface area contributed by atoms with E-state index in [1.165, 1.54) is 29.2 Å². The lowest BCUT2D eigenvalue weighted by molar-refractivity contribution is -0.139. The summed E-state index contributed by atoms with van der Waals surface area (Å²) >= 11 is 1.03. The molecule has 0 radical (unpaired) electrons. The molecule has 0 bridgehead atoms. The van der Waals surface area contributed by atoms with E-state index in [1.54, 1.807) is 0 Å². The molecule has 1 saturated heterocycles. The zero-order valence-corrected chi connectivity index (χ0v) is 13.9. The molecule has 128 valence electrons. The maximum absolute atomic E-state index is 13.1. The molecule has 2 aromatic rings. The van der Waals surface area contributed by atoms with Gasteiger partial charge in [-0.05, 0) is 29.8 Å². The summed E-state index contributed by atoms with van der Waals surface area (Å²) in [6.45, 7) is 0.305. The third-order valence-electron chi connectivity index (χ3n) is 3.65. The summed E-state index contributed by atoms with van der Waals surface area (Å²) in [5.41, 5.74) is 1.37. The van der Waals surface area contributed by atoms with Gasteiger partial charge in [-0.2, -0.15) is 0 Å². The molecule has 1 atom stereocenters. The van der Waals surface area contributed by atoms with E-state index in [-0.39, 0.29) is 18.1 Å². The van der Waals surface area contributed by atoms with Crippen molar-refractivity contribution >= 4 is 34.5 Å². The third-order valence-corrected chi connectivity index (χ3v) is 4.83. The van der Waals surface area contributed by atoms with Crippen molar-refractivity contribution in [3.8, 4) is 0 Å². The van der Waals surface area contributed by atoms with E-state index in [0.29, 0.717) is 17.4 Å². The SMILES string of the molecule is O=C(O)[C@H]1CC(=O)N(Cc2ccccc2)C(=Nc2ccc(F)cc2)S1. The fraction of sp³-hybridized carbons (Fsp3) is 0.167. The first-order valence-corrected chi connectivity index (χ1v) is 8.49. The number of amides is 1. The molecule has 1 aliphatic heterocycles. The van der Waals surface area contributed by atoms with Crippen LogP contribution < -0.4 is 0 Å². The smallest absolute Gasteiger partial charge is 0.317 e. The Hall–Kier alpha value is -2.67. The largest absolute Gasteiger partial charge is 0.480 e. The van der Waals surface area contributed by atoms with Crippen LogP contribution in [0, 0.1) is 5.82 Å². The van der Waals surface area contributed by atoms with Gasteiger partial charge < -0.3 is 5.11 Å². The molecule has 0 spiro atoms. The van der Waals surface area contributed by atoms with Crippen LogP contribution in [-0.2, 0) is 16.1 Å². The van der Waals surface area contributed by atoms with Gasteiger partial charge in [0.05, 0.1) is 18.7 Å². The molecule has 0 saturated carbocycles. The van der Waals surface area contributed by atoms with Gasteiger partial charge in [0.25, 0.3) is 0 Å². The van der Waals surface area contributed by atoms with Crippen LogP contribution in [0.3, 0.4) is 0 Å². The lowest BCUT2D eigenvalue weighted by Crippen LogP contribution is -2.43. The summed E-state index contributed by atoms with van der Waals surface area (Å²) in [5, 5.41) is 8.68. The summed E-state index contributed by atoms with van der Waals surface area (Å²) in [7, 11) is 0. The van der Waals surface area contributed by atoms with Crippen LogP contribution in [0.25, 0.3) is 0 Å². The molecular weight excluding hydrogens is 343 g/mol. The van der Waals surface area contributed by atoms with Gasteiger partial charge in [-0.25, -0.2) is 9.38 Å². The molecule has 1 N–H and O–H groups in total. The van der Waals surface area contributed by atoms with Crippen molar-refractivity contribution in [3.63, 3.8) is 0 Å². The van der Waals surface area contributed by atoms with E-state index in [4.69, 9.17) is 0 Å². The minimum atomic E-state index is -1.05. The van der Waals surface area contributed by atoms with Crippen molar-refractivity contribution in [2.24, 2.45) is 4.99 Å². The number of aliphatic imine (C=N–C) groups is 1. The monoisotopic (exact) mass is 358 g/mol. The van der Waals surface area contributed by atoms with Crippen molar-refractivity contribution in [3.05, 3.63) is 66.0 Å². The van der Waals surface area contributed by atoms with Crippen molar-refractivity contribution in [1.82, 2.24) is 4.90 Å². The summed E-state index contributed by atoms with van der Waals surface area (Å²) in [4.78, 5) is 29.6. The molecule has 5 nitrogen and oxygen atoms in total. The van der Waals surface area contributed by atoms with Crippen molar-refractivity contribution < 1.29 is 19.1 Å². The number of benzene rings is 2. The number of carboxylic acids is 1. The van der Waals surface area contributed by atoms with Crippen LogP contribution in [0.15, 0.2) is 59.6 Å². The average Bonchev–Trinajstić information content (AvgIpc) is 2.60. The molecular formula is C18H15FN2O3S. The van der Waals surface area contributed by atoms with Gasteiger partial charge in [0.1, 0.15) is 11.1 Å². The van der Waals surface area contributed by atoms with Crippen LogP contribution in [0.2, 0.25) is 0 Å². The maximum Gasteiger partial charge on any atom is 0.317 e. The van der Waals surface area contributed by atoms with Gasteiger partial charge in [-0.1, -0.05) is 42.1 Å². The number of aliphatic carboxylic acids is 1. The maximum atomic E-state index is 13.1. The van der Waals surface area contributed by atoms with Gasteiger partial charge in [-0.15, -0.1) is 0 Å². The molecule has 0 aliphatic carbocycles. The van der Waals surface area contributed by atoms with Gasteiger partial charge in [0.15, 0.2) is 5.17 Å². The number of halogens is 1. The van der Waals surface area contributed by atoms with Crippen molar-refractivity contribution in [2.75, 3.05) is 0 Å². The second kappa shape index (κ2) is 7.48. The number of amidine groups is 1. The number of thioether (sulfide) groups is 1. The first-order chi connectivity index (χ1) is 12.0. The summed E-state index contributed by atoms with van der Waals surface area (Å²) in [6.07, 6.45) is -0.0880. The number of nitrogens with zero attached hydrogens (tertiary/aromatic N) is 2. The van der Waals surface area contributed by atoms with Crippen LogP contribution in [0.4, 0.5) is 10.1 Å². The Bertz CT molecular complexity index is 809. The number of carboxylic acid groups (broad SMARTS) is 1. The predicted octanol–water partition coefficient (Wildman–Crippen LogP) is 3.43. The van der Waals surface area contributed by atoms with Crippen LogP contribution in [0.1, 0.15) is 12.0 Å². The Labute approximate surface area is 148 Å². The summed E-state index contributed by atoms with van der Waals surface area (Å²) < 4.78 is 13.1. The van der Waals surface area contributed by atoms with Crippen molar-refractivity contribution in [2.45, 2.75) is 18.2 Å². The zero-order valence-electron chi connectivity index (χ0n) is 13.1. The number of carbonyl (C=O) groups is 2.